The molecule has 0 saturated heterocycles. The molecule has 2 atom stereocenters. The van der Waals surface area contributed by atoms with Gasteiger partial charge in [0.1, 0.15) is 0 Å². The quantitative estimate of drug-likeness (QED) is 0.839. The van der Waals surface area contributed by atoms with Gasteiger partial charge in [-0.3, -0.25) is 0 Å². The lowest BCUT2D eigenvalue weighted by atomic mass is 10.1. The zero-order chi connectivity index (χ0) is 11.1. The first kappa shape index (κ1) is 10.8. The van der Waals surface area contributed by atoms with E-state index < -0.39 is 0 Å². The van der Waals surface area contributed by atoms with E-state index >= 15 is 0 Å². The van der Waals surface area contributed by atoms with E-state index in [1.165, 1.54) is 32.1 Å². The molecule has 0 aliphatic heterocycles. The van der Waals surface area contributed by atoms with Crippen molar-refractivity contribution in [3.05, 3.63) is 21.4 Å². The second-order valence-electron chi connectivity index (χ2n) is 5.47. The highest BCUT2D eigenvalue weighted by molar-refractivity contribution is 7.12. The van der Waals surface area contributed by atoms with Crippen molar-refractivity contribution < 1.29 is 0 Å². The lowest BCUT2D eigenvalue weighted by Gasteiger charge is -2.18. The molecule has 1 aromatic rings. The number of hydrogen-bond donors (Lipinski definition) is 1. The Morgan fingerprint density at radius 3 is 2.81 bits per heavy atom. The maximum Gasteiger partial charge on any atom is 0.0388 e. The summed E-state index contributed by atoms with van der Waals surface area (Å²) in [4.78, 5) is 3.21. The van der Waals surface area contributed by atoms with E-state index in [-0.39, 0.29) is 0 Å². The first-order valence-electron chi connectivity index (χ1n) is 6.61. The van der Waals surface area contributed by atoms with Crippen LogP contribution in [0.3, 0.4) is 0 Å². The van der Waals surface area contributed by atoms with Crippen LogP contribution in [0.4, 0.5) is 0 Å². The summed E-state index contributed by atoms with van der Waals surface area (Å²) in [6.07, 6.45) is 6.88. The first-order valence-corrected chi connectivity index (χ1v) is 7.43. The summed E-state index contributed by atoms with van der Waals surface area (Å²) >= 11 is 2.04. The molecule has 0 bridgehead atoms. The van der Waals surface area contributed by atoms with Gasteiger partial charge in [-0.05, 0) is 63.5 Å². The minimum atomic E-state index is 0.547. The Labute approximate surface area is 102 Å². The topological polar surface area (TPSA) is 12.0 Å². The summed E-state index contributed by atoms with van der Waals surface area (Å²) in [6, 6.07) is 3.70. The minimum Gasteiger partial charge on any atom is -0.307 e. The van der Waals surface area contributed by atoms with Crippen LogP contribution in [-0.4, -0.2) is 6.04 Å². The molecule has 3 rings (SSSR count). The van der Waals surface area contributed by atoms with Gasteiger partial charge in [-0.15, -0.1) is 11.3 Å². The molecular weight excluding hydrogens is 214 g/mol. The summed E-state index contributed by atoms with van der Waals surface area (Å²) in [6.45, 7) is 4.66. The Kier molecular flexibility index (Phi) is 2.80. The molecule has 1 heterocycles. The van der Waals surface area contributed by atoms with Crippen molar-refractivity contribution in [3.8, 4) is 0 Å². The molecule has 2 heteroatoms. The molecule has 0 spiro atoms. The first-order chi connectivity index (χ1) is 7.74. The van der Waals surface area contributed by atoms with Crippen molar-refractivity contribution in [1.82, 2.24) is 5.32 Å². The molecule has 0 amide bonds. The van der Waals surface area contributed by atoms with Crippen LogP contribution in [0.25, 0.3) is 0 Å². The molecule has 1 fully saturated rings. The third-order valence-corrected chi connectivity index (χ3v) is 5.45. The SMILES string of the molecule is CC(NC(C)C1CC1)c1cc2c(s1)CCC2. The molecule has 1 saturated carbocycles. The molecule has 1 N–H and O–H groups in total. The van der Waals surface area contributed by atoms with E-state index in [9.17, 15) is 0 Å². The standard InChI is InChI=1S/C14H21NS/c1-9(11-6-7-11)15-10(2)14-8-12-4-3-5-13(12)16-14/h8-11,15H,3-7H2,1-2H3. The molecule has 2 unspecified atom stereocenters. The van der Waals surface area contributed by atoms with E-state index in [1.54, 1.807) is 15.3 Å². The zero-order valence-corrected chi connectivity index (χ0v) is 11.1. The molecule has 88 valence electrons. The largest absolute Gasteiger partial charge is 0.307 e. The molecule has 0 aromatic carbocycles. The minimum absolute atomic E-state index is 0.547. The van der Waals surface area contributed by atoms with Crippen LogP contribution in [0.2, 0.25) is 0 Å². The Bertz CT molecular complexity index is 357. The smallest absolute Gasteiger partial charge is 0.0388 e. The average Bonchev–Trinajstić information content (AvgIpc) is 2.87. The lowest BCUT2D eigenvalue weighted by Crippen LogP contribution is -2.30. The fourth-order valence-corrected chi connectivity index (χ4v) is 4.04. The van der Waals surface area contributed by atoms with Crippen LogP contribution >= 0.6 is 11.3 Å². The third-order valence-electron chi connectivity index (χ3n) is 4.03. The van der Waals surface area contributed by atoms with Crippen LogP contribution in [0.5, 0.6) is 0 Å². The van der Waals surface area contributed by atoms with E-state index in [0.29, 0.717) is 12.1 Å². The molecule has 1 nitrogen and oxygen atoms in total. The van der Waals surface area contributed by atoms with E-state index in [1.807, 2.05) is 11.3 Å². The number of thiophene rings is 1. The molecule has 2 aliphatic rings. The molecule has 2 aliphatic carbocycles. The molecule has 0 radical (unpaired) electrons. The number of nitrogens with one attached hydrogen (secondary N) is 1. The van der Waals surface area contributed by atoms with Crippen molar-refractivity contribution in [3.63, 3.8) is 0 Å². The van der Waals surface area contributed by atoms with Gasteiger partial charge < -0.3 is 5.32 Å². The maximum atomic E-state index is 3.76. The van der Waals surface area contributed by atoms with E-state index in [2.05, 4.69) is 25.2 Å². The highest BCUT2D eigenvalue weighted by atomic mass is 32.1. The fourth-order valence-electron chi connectivity index (χ4n) is 2.77. The van der Waals surface area contributed by atoms with Gasteiger partial charge in [-0.25, -0.2) is 0 Å². The Hall–Kier alpha value is -0.340. The Balaban J connectivity index is 1.66. The van der Waals surface area contributed by atoms with Crippen molar-refractivity contribution in [2.45, 2.75) is 58.0 Å². The monoisotopic (exact) mass is 235 g/mol. The van der Waals surface area contributed by atoms with Crippen molar-refractivity contribution >= 4 is 11.3 Å². The van der Waals surface area contributed by atoms with Gasteiger partial charge in [0.2, 0.25) is 0 Å². The number of fused-ring (bicyclic) bond motifs is 1. The predicted octanol–water partition coefficient (Wildman–Crippen LogP) is 3.69. The van der Waals surface area contributed by atoms with Crippen LogP contribution in [0.1, 0.15) is 54.5 Å². The van der Waals surface area contributed by atoms with Crippen molar-refractivity contribution in [2.75, 3.05) is 0 Å². The Morgan fingerprint density at radius 2 is 2.12 bits per heavy atom. The number of aryl methyl sites for hydroxylation is 2. The third kappa shape index (κ3) is 2.05. The lowest BCUT2D eigenvalue weighted by molar-refractivity contribution is 0.445. The van der Waals surface area contributed by atoms with Gasteiger partial charge in [-0.2, -0.15) is 0 Å². The predicted molar refractivity (Wildman–Crippen MR) is 70.1 cm³/mol. The van der Waals surface area contributed by atoms with Crippen molar-refractivity contribution in [2.24, 2.45) is 5.92 Å². The van der Waals surface area contributed by atoms with Gasteiger partial charge in [0.25, 0.3) is 0 Å². The van der Waals surface area contributed by atoms with Crippen molar-refractivity contribution in [1.29, 1.82) is 0 Å². The van der Waals surface area contributed by atoms with Gasteiger partial charge >= 0.3 is 0 Å². The summed E-state index contributed by atoms with van der Waals surface area (Å²) in [7, 11) is 0. The summed E-state index contributed by atoms with van der Waals surface area (Å²) < 4.78 is 0. The van der Waals surface area contributed by atoms with Crippen LogP contribution in [-0.2, 0) is 12.8 Å². The van der Waals surface area contributed by atoms with E-state index in [4.69, 9.17) is 0 Å². The Morgan fingerprint density at radius 1 is 1.31 bits per heavy atom. The second kappa shape index (κ2) is 4.15. The highest BCUT2D eigenvalue weighted by Crippen LogP contribution is 2.36. The normalized spacial score (nSPS) is 23.1. The van der Waals surface area contributed by atoms with E-state index in [0.717, 1.165) is 5.92 Å². The summed E-state index contributed by atoms with van der Waals surface area (Å²) in [5.74, 6) is 0.953. The maximum absolute atomic E-state index is 3.76. The van der Waals surface area contributed by atoms with Gasteiger partial charge in [0, 0.05) is 21.8 Å². The summed E-state index contributed by atoms with van der Waals surface area (Å²) in [5, 5.41) is 3.76. The second-order valence-corrected chi connectivity index (χ2v) is 6.63. The van der Waals surface area contributed by atoms with Gasteiger partial charge in [0.05, 0.1) is 0 Å². The zero-order valence-electron chi connectivity index (χ0n) is 10.3. The average molecular weight is 235 g/mol. The highest BCUT2D eigenvalue weighted by Gasteiger charge is 2.29. The van der Waals surface area contributed by atoms with Crippen LogP contribution in [0.15, 0.2) is 6.07 Å². The number of hydrogen-bond acceptors (Lipinski definition) is 2. The van der Waals surface area contributed by atoms with Crippen LogP contribution in [0, 0.1) is 5.92 Å². The fraction of sp³-hybridized carbons (Fsp3) is 0.714. The van der Waals surface area contributed by atoms with Crippen LogP contribution < -0.4 is 5.32 Å². The molecule has 1 aromatic heterocycles. The molecule has 16 heavy (non-hydrogen) atoms. The van der Waals surface area contributed by atoms with Gasteiger partial charge in [0.15, 0.2) is 0 Å². The summed E-state index contributed by atoms with van der Waals surface area (Å²) in [5.41, 5.74) is 1.63. The number of rotatable bonds is 4. The molecular formula is C14H21NS. The van der Waals surface area contributed by atoms with Gasteiger partial charge in [-0.1, -0.05) is 0 Å².